The molecule has 0 radical (unpaired) electrons. The van der Waals surface area contributed by atoms with Gasteiger partial charge in [0, 0.05) is 17.5 Å². The Morgan fingerprint density at radius 2 is 2.05 bits per heavy atom. The summed E-state index contributed by atoms with van der Waals surface area (Å²) in [7, 11) is -3.23. The van der Waals surface area contributed by atoms with E-state index in [2.05, 4.69) is 4.98 Å². The van der Waals surface area contributed by atoms with E-state index in [-0.39, 0.29) is 11.5 Å². The molecule has 1 heterocycles. The number of halogens is 1. The largest absolute Gasteiger partial charge is 0.487 e. The van der Waals surface area contributed by atoms with Crippen molar-refractivity contribution in [1.82, 2.24) is 4.98 Å². The van der Waals surface area contributed by atoms with Gasteiger partial charge in [0.25, 0.3) is 0 Å². The van der Waals surface area contributed by atoms with Crippen LogP contribution in [0.15, 0.2) is 47.5 Å². The van der Waals surface area contributed by atoms with Crippen LogP contribution in [0.1, 0.15) is 5.69 Å². The van der Waals surface area contributed by atoms with Gasteiger partial charge in [-0.3, -0.25) is 4.98 Å². The monoisotopic (exact) mass is 297 g/mol. The second kappa shape index (κ2) is 5.59. The molecule has 0 amide bonds. The Labute approximate surface area is 116 Å². The van der Waals surface area contributed by atoms with Crippen LogP contribution in [-0.2, 0) is 16.4 Å². The zero-order chi connectivity index (χ0) is 13.9. The van der Waals surface area contributed by atoms with E-state index in [1.165, 1.54) is 12.1 Å². The molecular formula is C13H12ClNO3S. The molecule has 0 N–H and O–H groups in total. The molecule has 4 nitrogen and oxygen atoms in total. The molecule has 2 aromatic rings. The van der Waals surface area contributed by atoms with E-state index >= 15 is 0 Å². The molecule has 0 aliphatic heterocycles. The van der Waals surface area contributed by atoms with E-state index in [1.807, 2.05) is 0 Å². The maximum absolute atomic E-state index is 11.4. The van der Waals surface area contributed by atoms with Crippen LogP contribution >= 0.6 is 11.6 Å². The highest BCUT2D eigenvalue weighted by molar-refractivity contribution is 7.90. The van der Waals surface area contributed by atoms with E-state index in [1.54, 1.807) is 30.5 Å². The summed E-state index contributed by atoms with van der Waals surface area (Å²) in [4.78, 5) is 4.32. The van der Waals surface area contributed by atoms with Gasteiger partial charge in [0.05, 0.1) is 10.6 Å². The molecule has 0 saturated heterocycles. The van der Waals surface area contributed by atoms with Crippen LogP contribution < -0.4 is 4.74 Å². The summed E-state index contributed by atoms with van der Waals surface area (Å²) in [5, 5.41) is 0.582. The highest BCUT2D eigenvalue weighted by atomic mass is 35.5. The number of hydrogen-bond acceptors (Lipinski definition) is 4. The average Bonchev–Trinajstić information content (AvgIpc) is 2.36. The fourth-order valence-electron chi connectivity index (χ4n) is 1.48. The quantitative estimate of drug-likeness (QED) is 0.870. The first kappa shape index (κ1) is 13.8. The van der Waals surface area contributed by atoms with Crippen LogP contribution in [0.25, 0.3) is 0 Å². The van der Waals surface area contributed by atoms with Crippen molar-refractivity contribution in [2.75, 3.05) is 6.26 Å². The highest BCUT2D eigenvalue weighted by Crippen LogP contribution is 2.18. The summed E-state index contributed by atoms with van der Waals surface area (Å²) >= 11 is 5.84. The molecule has 0 aliphatic carbocycles. The zero-order valence-corrected chi connectivity index (χ0v) is 11.8. The smallest absolute Gasteiger partial charge is 0.175 e. The standard InChI is InChI=1S/C13H12ClNO3S/c1-19(16,17)13-4-2-3-12(8-13)18-9-11-7-10(14)5-6-15-11/h2-8H,9H2,1H3. The van der Waals surface area contributed by atoms with Gasteiger partial charge in [-0.25, -0.2) is 8.42 Å². The van der Waals surface area contributed by atoms with E-state index in [0.717, 1.165) is 6.26 Å². The molecule has 0 bridgehead atoms. The van der Waals surface area contributed by atoms with Crippen LogP contribution in [0, 0.1) is 0 Å². The maximum atomic E-state index is 11.4. The number of sulfone groups is 1. The summed E-state index contributed by atoms with van der Waals surface area (Å²) in [5.74, 6) is 0.477. The van der Waals surface area contributed by atoms with Crippen LogP contribution in [0.2, 0.25) is 5.02 Å². The number of nitrogens with zero attached hydrogens (tertiary/aromatic N) is 1. The maximum Gasteiger partial charge on any atom is 0.175 e. The van der Waals surface area contributed by atoms with Gasteiger partial charge in [0.1, 0.15) is 12.4 Å². The molecule has 0 atom stereocenters. The molecule has 1 aromatic carbocycles. The Balaban J connectivity index is 2.12. The lowest BCUT2D eigenvalue weighted by Gasteiger charge is -2.07. The Morgan fingerprint density at radius 3 is 2.74 bits per heavy atom. The lowest BCUT2D eigenvalue weighted by molar-refractivity contribution is 0.300. The van der Waals surface area contributed by atoms with Crippen LogP contribution in [0.4, 0.5) is 0 Å². The first-order valence-corrected chi connectivity index (χ1v) is 7.75. The number of rotatable bonds is 4. The van der Waals surface area contributed by atoms with Gasteiger partial charge in [0.15, 0.2) is 9.84 Å². The predicted octanol–water partition coefficient (Wildman–Crippen LogP) is 2.72. The number of benzene rings is 1. The fourth-order valence-corrected chi connectivity index (χ4v) is 2.32. The number of ether oxygens (including phenoxy) is 1. The third-order valence-electron chi connectivity index (χ3n) is 2.40. The third kappa shape index (κ3) is 3.94. The summed E-state index contributed by atoms with van der Waals surface area (Å²) in [5.41, 5.74) is 0.678. The van der Waals surface area contributed by atoms with Crippen molar-refractivity contribution < 1.29 is 13.2 Å². The third-order valence-corrected chi connectivity index (χ3v) is 3.74. The minimum Gasteiger partial charge on any atom is -0.487 e. The minimum absolute atomic E-state index is 0.226. The molecule has 100 valence electrons. The van der Waals surface area contributed by atoms with Gasteiger partial charge < -0.3 is 4.74 Å². The van der Waals surface area contributed by atoms with Crippen molar-refractivity contribution in [3.05, 3.63) is 53.3 Å². The average molecular weight is 298 g/mol. The van der Waals surface area contributed by atoms with Gasteiger partial charge >= 0.3 is 0 Å². The number of aromatic nitrogens is 1. The van der Waals surface area contributed by atoms with E-state index in [0.29, 0.717) is 16.5 Å². The van der Waals surface area contributed by atoms with Crippen LogP contribution in [0.5, 0.6) is 5.75 Å². The summed E-state index contributed by atoms with van der Waals surface area (Å²) in [6.07, 6.45) is 2.75. The second-order valence-electron chi connectivity index (χ2n) is 4.00. The summed E-state index contributed by atoms with van der Waals surface area (Å²) in [6.45, 7) is 0.230. The van der Waals surface area contributed by atoms with Gasteiger partial charge in [-0.05, 0) is 30.3 Å². The second-order valence-corrected chi connectivity index (χ2v) is 6.45. The Kier molecular flexibility index (Phi) is 4.07. The molecule has 0 saturated carbocycles. The fraction of sp³-hybridized carbons (Fsp3) is 0.154. The lowest BCUT2D eigenvalue weighted by atomic mass is 10.3. The minimum atomic E-state index is -3.23. The molecule has 2 rings (SSSR count). The molecule has 1 aromatic heterocycles. The summed E-state index contributed by atoms with van der Waals surface area (Å²) < 4.78 is 28.3. The molecule has 19 heavy (non-hydrogen) atoms. The van der Waals surface area contributed by atoms with Crippen LogP contribution in [-0.4, -0.2) is 19.7 Å². The van der Waals surface area contributed by atoms with E-state index in [9.17, 15) is 8.42 Å². The van der Waals surface area contributed by atoms with Gasteiger partial charge in [0.2, 0.25) is 0 Å². The van der Waals surface area contributed by atoms with E-state index in [4.69, 9.17) is 16.3 Å². The highest BCUT2D eigenvalue weighted by Gasteiger charge is 2.08. The molecular weight excluding hydrogens is 286 g/mol. The van der Waals surface area contributed by atoms with Crippen molar-refractivity contribution in [1.29, 1.82) is 0 Å². The van der Waals surface area contributed by atoms with Crippen molar-refractivity contribution in [2.45, 2.75) is 11.5 Å². The molecule has 6 heteroatoms. The normalized spacial score (nSPS) is 11.3. The lowest BCUT2D eigenvalue weighted by Crippen LogP contribution is -2.00. The van der Waals surface area contributed by atoms with Crippen molar-refractivity contribution in [2.24, 2.45) is 0 Å². The Bertz CT molecular complexity index is 686. The number of hydrogen-bond donors (Lipinski definition) is 0. The zero-order valence-electron chi connectivity index (χ0n) is 10.2. The first-order valence-electron chi connectivity index (χ1n) is 5.48. The SMILES string of the molecule is CS(=O)(=O)c1cccc(OCc2cc(Cl)ccn2)c1. The van der Waals surface area contributed by atoms with Gasteiger partial charge in [-0.15, -0.1) is 0 Å². The molecule has 0 spiro atoms. The van der Waals surface area contributed by atoms with Gasteiger partial charge in [-0.2, -0.15) is 0 Å². The Hall–Kier alpha value is -1.59. The van der Waals surface area contributed by atoms with Crippen LogP contribution in [0.3, 0.4) is 0 Å². The van der Waals surface area contributed by atoms with Crippen molar-refractivity contribution in [3.8, 4) is 5.75 Å². The first-order chi connectivity index (χ1) is 8.95. The topological polar surface area (TPSA) is 56.3 Å². The van der Waals surface area contributed by atoms with E-state index < -0.39 is 9.84 Å². The van der Waals surface area contributed by atoms with Crippen molar-refractivity contribution in [3.63, 3.8) is 0 Å². The molecule has 0 fully saturated rings. The Morgan fingerprint density at radius 1 is 1.26 bits per heavy atom. The van der Waals surface area contributed by atoms with Crippen molar-refractivity contribution >= 4 is 21.4 Å². The number of pyridine rings is 1. The van der Waals surface area contributed by atoms with Gasteiger partial charge in [-0.1, -0.05) is 17.7 Å². The predicted molar refractivity (Wildman–Crippen MR) is 73.1 cm³/mol. The summed E-state index contributed by atoms with van der Waals surface area (Å²) in [6, 6.07) is 9.72. The molecule has 0 unspecified atom stereocenters. The molecule has 0 aliphatic rings.